The van der Waals surface area contributed by atoms with E-state index in [9.17, 15) is 4.79 Å². The van der Waals surface area contributed by atoms with Crippen LogP contribution in [0, 0.1) is 6.92 Å². The molecule has 1 amide bonds. The molecule has 5 heteroatoms. The summed E-state index contributed by atoms with van der Waals surface area (Å²) < 4.78 is 1.16. The van der Waals surface area contributed by atoms with Gasteiger partial charge in [-0.05, 0) is 55.0 Å². The largest absolute Gasteiger partial charge is 0.371 e. The number of hydrogen-bond acceptors (Lipinski definition) is 3. The highest BCUT2D eigenvalue weighted by Gasteiger charge is 2.21. The van der Waals surface area contributed by atoms with Gasteiger partial charge in [-0.3, -0.25) is 9.78 Å². The third-order valence-electron chi connectivity index (χ3n) is 4.51. The lowest BCUT2D eigenvalue weighted by Gasteiger charge is -2.34. The summed E-state index contributed by atoms with van der Waals surface area (Å²) >= 11 is 3.56. The van der Waals surface area contributed by atoms with E-state index in [1.54, 1.807) is 12.3 Å². The van der Waals surface area contributed by atoms with Crippen LogP contribution in [0.25, 0.3) is 0 Å². The summed E-state index contributed by atoms with van der Waals surface area (Å²) in [5.41, 5.74) is 9.36. The summed E-state index contributed by atoms with van der Waals surface area (Å²) in [5.74, 6) is 0.113. The highest BCUT2D eigenvalue weighted by molar-refractivity contribution is 9.10. The molecule has 2 aromatic rings. The maximum absolute atomic E-state index is 11.3. The van der Waals surface area contributed by atoms with E-state index in [-0.39, 0.29) is 0 Å². The van der Waals surface area contributed by atoms with Crippen molar-refractivity contribution in [3.05, 3.63) is 57.8 Å². The number of nitrogens with two attached hydrogens (primary N) is 1. The van der Waals surface area contributed by atoms with Crippen LogP contribution in [0.5, 0.6) is 0 Å². The van der Waals surface area contributed by atoms with Crippen molar-refractivity contribution in [2.45, 2.75) is 25.7 Å². The molecular formula is C18H20BrN3O. The first kappa shape index (κ1) is 16.0. The van der Waals surface area contributed by atoms with Gasteiger partial charge in [-0.2, -0.15) is 0 Å². The molecule has 0 spiro atoms. The molecule has 2 N–H and O–H groups in total. The predicted molar refractivity (Wildman–Crippen MR) is 95.8 cm³/mol. The molecule has 1 fully saturated rings. The van der Waals surface area contributed by atoms with Crippen LogP contribution in [0.2, 0.25) is 0 Å². The van der Waals surface area contributed by atoms with Gasteiger partial charge in [-0.15, -0.1) is 0 Å². The average Bonchev–Trinajstić information content (AvgIpc) is 2.57. The summed E-state index contributed by atoms with van der Waals surface area (Å²) in [4.78, 5) is 17.6. The van der Waals surface area contributed by atoms with E-state index in [2.05, 4.69) is 50.9 Å². The molecule has 0 radical (unpaired) electrons. The minimum absolute atomic E-state index is 0.327. The van der Waals surface area contributed by atoms with Crippen molar-refractivity contribution in [1.29, 1.82) is 0 Å². The minimum Gasteiger partial charge on any atom is -0.371 e. The van der Waals surface area contributed by atoms with Crippen molar-refractivity contribution in [3.8, 4) is 0 Å². The Morgan fingerprint density at radius 1 is 1.26 bits per heavy atom. The number of primary amides is 1. The fourth-order valence-corrected chi connectivity index (χ4v) is 3.39. The zero-order valence-corrected chi connectivity index (χ0v) is 14.7. The number of piperidine rings is 1. The molecular weight excluding hydrogens is 354 g/mol. The predicted octanol–water partition coefficient (Wildman–Crippen LogP) is 3.64. The molecule has 23 heavy (non-hydrogen) atoms. The lowest BCUT2D eigenvalue weighted by Crippen LogP contribution is -2.33. The Balaban J connectivity index is 1.69. The number of carbonyl (C=O) groups excluding carboxylic acids is 1. The van der Waals surface area contributed by atoms with Crippen LogP contribution in [-0.2, 0) is 0 Å². The molecule has 0 aliphatic carbocycles. The minimum atomic E-state index is -0.480. The van der Waals surface area contributed by atoms with Crippen LogP contribution < -0.4 is 10.6 Å². The molecule has 1 aliphatic rings. The highest BCUT2D eigenvalue weighted by atomic mass is 79.9. The molecule has 120 valence electrons. The number of aryl methyl sites for hydroxylation is 1. The SMILES string of the molecule is Cc1cc(C2CCN(c3ccnc(C(N)=O)c3)CC2)ccc1Br. The highest BCUT2D eigenvalue weighted by Crippen LogP contribution is 2.32. The number of benzene rings is 1. The van der Waals surface area contributed by atoms with Gasteiger partial charge in [0.05, 0.1) is 0 Å². The summed E-state index contributed by atoms with van der Waals surface area (Å²) in [7, 11) is 0. The number of hydrogen-bond donors (Lipinski definition) is 1. The molecule has 3 rings (SSSR count). The van der Waals surface area contributed by atoms with Crippen LogP contribution >= 0.6 is 15.9 Å². The van der Waals surface area contributed by atoms with E-state index in [0.29, 0.717) is 11.6 Å². The first-order valence-corrected chi connectivity index (χ1v) is 8.61. The van der Waals surface area contributed by atoms with Crippen molar-refractivity contribution in [1.82, 2.24) is 4.98 Å². The topological polar surface area (TPSA) is 59.2 Å². The van der Waals surface area contributed by atoms with Crippen LogP contribution in [0.1, 0.15) is 40.4 Å². The zero-order chi connectivity index (χ0) is 16.4. The molecule has 0 saturated carbocycles. The van der Waals surface area contributed by atoms with Crippen molar-refractivity contribution in [3.63, 3.8) is 0 Å². The second-order valence-corrected chi connectivity index (χ2v) is 6.89. The Hall–Kier alpha value is -1.88. The molecule has 0 unspecified atom stereocenters. The second kappa shape index (κ2) is 6.71. The number of pyridine rings is 1. The maximum atomic E-state index is 11.3. The molecule has 1 aromatic carbocycles. The number of amides is 1. The number of aromatic nitrogens is 1. The number of halogens is 1. The van der Waals surface area contributed by atoms with Gasteiger partial charge < -0.3 is 10.6 Å². The first-order valence-electron chi connectivity index (χ1n) is 7.81. The van der Waals surface area contributed by atoms with Crippen LogP contribution in [0.4, 0.5) is 5.69 Å². The molecule has 0 bridgehead atoms. The normalized spacial score (nSPS) is 15.7. The number of nitrogens with zero attached hydrogens (tertiary/aromatic N) is 2. The van der Waals surface area contributed by atoms with E-state index in [1.165, 1.54) is 11.1 Å². The van der Waals surface area contributed by atoms with Gasteiger partial charge >= 0.3 is 0 Å². The van der Waals surface area contributed by atoms with Crippen molar-refractivity contribution in [2.24, 2.45) is 5.73 Å². The Morgan fingerprint density at radius 2 is 2.00 bits per heavy atom. The Bertz CT molecular complexity index is 724. The molecule has 2 heterocycles. The molecule has 0 atom stereocenters. The van der Waals surface area contributed by atoms with E-state index in [4.69, 9.17) is 5.73 Å². The van der Waals surface area contributed by atoms with Gasteiger partial charge in [0.25, 0.3) is 5.91 Å². The number of carbonyl (C=O) groups is 1. The average molecular weight is 374 g/mol. The number of rotatable bonds is 3. The van der Waals surface area contributed by atoms with Crippen molar-refractivity contribution in [2.75, 3.05) is 18.0 Å². The fraction of sp³-hybridized carbons (Fsp3) is 0.333. The van der Waals surface area contributed by atoms with Crippen molar-refractivity contribution >= 4 is 27.5 Å². The molecule has 1 aromatic heterocycles. The number of anilines is 1. The maximum Gasteiger partial charge on any atom is 0.267 e. The van der Waals surface area contributed by atoms with Gasteiger partial charge in [0.15, 0.2) is 0 Å². The summed E-state index contributed by atoms with van der Waals surface area (Å²) in [6, 6.07) is 10.4. The first-order chi connectivity index (χ1) is 11.0. The Morgan fingerprint density at radius 3 is 2.65 bits per heavy atom. The zero-order valence-electron chi connectivity index (χ0n) is 13.1. The van der Waals surface area contributed by atoms with Crippen LogP contribution in [0.15, 0.2) is 41.0 Å². The van der Waals surface area contributed by atoms with Gasteiger partial charge in [0.2, 0.25) is 0 Å². The molecule has 1 aliphatic heterocycles. The second-order valence-electron chi connectivity index (χ2n) is 6.03. The van der Waals surface area contributed by atoms with E-state index in [1.807, 2.05) is 6.07 Å². The monoisotopic (exact) mass is 373 g/mol. The van der Waals surface area contributed by atoms with Gasteiger partial charge in [0, 0.05) is 29.4 Å². The lowest BCUT2D eigenvalue weighted by atomic mass is 9.88. The lowest BCUT2D eigenvalue weighted by molar-refractivity contribution is 0.0995. The van der Waals surface area contributed by atoms with E-state index in [0.717, 1.165) is 36.1 Å². The summed E-state index contributed by atoms with van der Waals surface area (Å²) in [6.07, 6.45) is 3.87. The third kappa shape index (κ3) is 3.55. The van der Waals surface area contributed by atoms with E-state index >= 15 is 0 Å². The fourth-order valence-electron chi connectivity index (χ4n) is 3.14. The third-order valence-corrected chi connectivity index (χ3v) is 5.40. The van der Waals surface area contributed by atoms with E-state index < -0.39 is 5.91 Å². The van der Waals surface area contributed by atoms with Crippen LogP contribution in [-0.4, -0.2) is 24.0 Å². The van der Waals surface area contributed by atoms with Gasteiger partial charge in [-0.25, -0.2) is 0 Å². The Kier molecular flexibility index (Phi) is 4.66. The smallest absolute Gasteiger partial charge is 0.267 e. The Labute approximate surface area is 144 Å². The van der Waals surface area contributed by atoms with Crippen LogP contribution in [0.3, 0.4) is 0 Å². The summed E-state index contributed by atoms with van der Waals surface area (Å²) in [6.45, 7) is 4.08. The molecule has 1 saturated heterocycles. The molecule has 4 nitrogen and oxygen atoms in total. The van der Waals surface area contributed by atoms with Gasteiger partial charge in [0.1, 0.15) is 5.69 Å². The van der Waals surface area contributed by atoms with Gasteiger partial charge in [-0.1, -0.05) is 28.1 Å². The standard InChI is InChI=1S/C18H20BrN3O/c1-12-10-14(2-3-16(12)19)13-5-8-22(9-6-13)15-4-7-21-17(11-15)18(20)23/h2-4,7,10-11,13H,5-6,8-9H2,1H3,(H2,20,23). The van der Waals surface area contributed by atoms with Crippen molar-refractivity contribution < 1.29 is 4.79 Å². The summed E-state index contributed by atoms with van der Waals surface area (Å²) in [5, 5.41) is 0. The quantitative estimate of drug-likeness (QED) is 0.893.